The van der Waals surface area contributed by atoms with Crippen molar-refractivity contribution in [1.29, 1.82) is 0 Å². The third-order valence-corrected chi connectivity index (χ3v) is 5.42. The van der Waals surface area contributed by atoms with Crippen molar-refractivity contribution in [2.24, 2.45) is 23.7 Å². The maximum absolute atomic E-state index is 11.9. The summed E-state index contributed by atoms with van der Waals surface area (Å²) < 4.78 is 11.1. The summed E-state index contributed by atoms with van der Waals surface area (Å²) in [6, 6.07) is 0. The number of esters is 2. The van der Waals surface area contributed by atoms with Crippen LogP contribution in [0.3, 0.4) is 0 Å². The van der Waals surface area contributed by atoms with Gasteiger partial charge in [-0.25, -0.2) is 4.79 Å². The van der Waals surface area contributed by atoms with Crippen LogP contribution in [0.25, 0.3) is 0 Å². The van der Waals surface area contributed by atoms with E-state index in [1.807, 2.05) is 0 Å². The summed E-state index contributed by atoms with van der Waals surface area (Å²) in [5, 5.41) is 0. The second-order valence-corrected chi connectivity index (χ2v) is 8.16. The number of fused-ring (bicyclic) bond motifs is 2. The molecule has 0 aromatic carbocycles. The van der Waals surface area contributed by atoms with Crippen molar-refractivity contribution in [2.75, 3.05) is 0 Å². The average molecular weight is 336 g/mol. The number of hydrogen-bond acceptors (Lipinski definition) is 4. The first-order chi connectivity index (χ1) is 11.3. The summed E-state index contributed by atoms with van der Waals surface area (Å²) in [5.74, 6) is 1.82. The molecule has 24 heavy (non-hydrogen) atoms. The van der Waals surface area contributed by atoms with Gasteiger partial charge in [0.2, 0.25) is 0 Å². The van der Waals surface area contributed by atoms with Gasteiger partial charge in [0.05, 0.1) is 0 Å². The Morgan fingerprint density at radius 2 is 1.88 bits per heavy atom. The Labute approximate surface area is 146 Å². The second-order valence-electron chi connectivity index (χ2n) is 8.16. The fourth-order valence-corrected chi connectivity index (χ4v) is 4.51. The van der Waals surface area contributed by atoms with E-state index in [2.05, 4.69) is 20.4 Å². The second kappa shape index (κ2) is 8.17. The molecular formula is C20H32O4. The van der Waals surface area contributed by atoms with Gasteiger partial charge in [0.25, 0.3) is 0 Å². The molecule has 2 aliphatic rings. The summed E-state index contributed by atoms with van der Waals surface area (Å²) in [5.41, 5.74) is 0.457. The minimum Gasteiger partial charge on any atom is -0.462 e. The topological polar surface area (TPSA) is 52.6 Å². The van der Waals surface area contributed by atoms with Gasteiger partial charge in [-0.15, -0.1) is 0 Å². The van der Waals surface area contributed by atoms with E-state index in [9.17, 15) is 9.59 Å². The molecule has 0 saturated heterocycles. The molecule has 0 heterocycles. The highest BCUT2D eigenvalue weighted by Gasteiger charge is 2.47. The summed E-state index contributed by atoms with van der Waals surface area (Å²) in [4.78, 5) is 23.1. The van der Waals surface area contributed by atoms with Crippen molar-refractivity contribution in [3.05, 3.63) is 12.2 Å². The molecule has 0 aliphatic heterocycles. The molecule has 2 bridgehead atoms. The number of ether oxygens (including phenoxy) is 2. The van der Waals surface area contributed by atoms with Crippen LogP contribution in [-0.2, 0) is 19.1 Å². The van der Waals surface area contributed by atoms with Crippen LogP contribution in [0.5, 0.6) is 0 Å². The van der Waals surface area contributed by atoms with Crippen LogP contribution in [0.4, 0.5) is 0 Å². The van der Waals surface area contributed by atoms with Crippen molar-refractivity contribution in [2.45, 2.75) is 78.4 Å². The number of carbonyl (C=O) groups excluding carboxylic acids is 2. The molecule has 2 saturated carbocycles. The Morgan fingerprint density at radius 3 is 2.42 bits per heavy atom. The van der Waals surface area contributed by atoms with Crippen LogP contribution < -0.4 is 0 Å². The number of hydrogen-bond donors (Lipinski definition) is 0. The molecule has 4 nitrogen and oxygen atoms in total. The van der Waals surface area contributed by atoms with Crippen molar-refractivity contribution in [1.82, 2.24) is 0 Å². The van der Waals surface area contributed by atoms with E-state index < -0.39 is 0 Å². The van der Waals surface area contributed by atoms with Crippen molar-refractivity contribution in [3.8, 4) is 0 Å². The third kappa shape index (κ3) is 5.09. The largest absolute Gasteiger partial charge is 0.462 e. The highest BCUT2D eigenvalue weighted by atomic mass is 16.5. The summed E-state index contributed by atoms with van der Waals surface area (Å²) in [7, 11) is 0. The molecule has 0 spiro atoms. The van der Waals surface area contributed by atoms with E-state index in [-0.39, 0.29) is 24.1 Å². The van der Waals surface area contributed by atoms with E-state index in [4.69, 9.17) is 9.47 Å². The summed E-state index contributed by atoms with van der Waals surface area (Å²) in [6.07, 6.45) is 6.31. The van der Waals surface area contributed by atoms with Crippen LogP contribution in [0.1, 0.15) is 66.2 Å². The monoisotopic (exact) mass is 336 g/mol. The smallest absolute Gasteiger partial charge is 0.333 e. The van der Waals surface area contributed by atoms with Crippen molar-refractivity contribution in [3.63, 3.8) is 0 Å². The fraction of sp³-hybridized carbons (Fsp3) is 0.800. The van der Waals surface area contributed by atoms with Gasteiger partial charge < -0.3 is 9.47 Å². The normalized spacial score (nSPS) is 29.5. The maximum Gasteiger partial charge on any atom is 0.333 e. The van der Waals surface area contributed by atoms with E-state index in [1.54, 1.807) is 6.92 Å². The number of carbonyl (C=O) groups is 2. The van der Waals surface area contributed by atoms with Crippen LogP contribution >= 0.6 is 0 Å². The minimum absolute atomic E-state index is 0.0412. The van der Waals surface area contributed by atoms with E-state index in [1.165, 1.54) is 19.8 Å². The molecule has 2 fully saturated rings. The highest BCUT2D eigenvalue weighted by Crippen LogP contribution is 2.51. The third-order valence-electron chi connectivity index (χ3n) is 5.42. The molecule has 5 atom stereocenters. The zero-order valence-corrected chi connectivity index (χ0v) is 15.5. The van der Waals surface area contributed by atoms with Gasteiger partial charge in [0, 0.05) is 12.5 Å². The van der Waals surface area contributed by atoms with Gasteiger partial charge in [-0.3, -0.25) is 4.79 Å². The Bertz CT molecular complexity index is 482. The molecule has 4 heteroatoms. The summed E-state index contributed by atoms with van der Waals surface area (Å²) in [6.45, 7) is 11.2. The van der Waals surface area contributed by atoms with E-state index in [0.717, 1.165) is 25.7 Å². The Morgan fingerprint density at radius 1 is 1.17 bits per heavy atom. The van der Waals surface area contributed by atoms with Gasteiger partial charge in [-0.1, -0.05) is 20.4 Å². The van der Waals surface area contributed by atoms with Gasteiger partial charge in [0.15, 0.2) is 0 Å². The van der Waals surface area contributed by atoms with Crippen LogP contribution in [0, 0.1) is 23.7 Å². The first kappa shape index (κ1) is 19.0. The molecule has 2 aliphatic carbocycles. The Balaban J connectivity index is 1.88. The van der Waals surface area contributed by atoms with E-state index >= 15 is 0 Å². The molecular weight excluding hydrogens is 304 g/mol. The Hall–Kier alpha value is -1.32. The lowest BCUT2D eigenvalue weighted by Gasteiger charge is -2.30. The minimum atomic E-state index is -0.286. The molecule has 0 aromatic rings. The highest BCUT2D eigenvalue weighted by molar-refractivity contribution is 5.87. The number of rotatable bonds is 8. The van der Waals surface area contributed by atoms with E-state index in [0.29, 0.717) is 29.2 Å². The van der Waals surface area contributed by atoms with Gasteiger partial charge in [0.1, 0.15) is 12.2 Å². The quantitative estimate of drug-likeness (QED) is 0.490. The lowest BCUT2D eigenvalue weighted by atomic mass is 9.82. The zero-order valence-electron chi connectivity index (χ0n) is 15.5. The van der Waals surface area contributed by atoms with Crippen LogP contribution in [0.15, 0.2) is 12.2 Å². The Kier molecular flexibility index (Phi) is 6.47. The van der Waals surface area contributed by atoms with Gasteiger partial charge in [-0.05, 0) is 69.1 Å². The van der Waals surface area contributed by atoms with Gasteiger partial charge >= 0.3 is 11.9 Å². The fourth-order valence-electron chi connectivity index (χ4n) is 4.51. The lowest BCUT2D eigenvalue weighted by Crippen LogP contribution is -2.30. The van der Waals surface area contributed by atoms with Crippen molar-refractivity contribution >= 4 is 11.9 Å². The molecule has 0 aromatic heterocycles. The maximum atomic E-state index is 11.9. The predicted octanol–water partition coefficient (Wildman–Crippen LogP) is 4.28. The molecule has 0 radical (unpaired) electrons. The predicted molar refractivity (Wildman–Crippen MR) is 93.3 cm³/mol. The van der Waals surface area contributed by atoms with Crippen LogP contribution in [-0.4, -0.2) is 24.1 Å². The standard InChI is InChI=1S/C20H32O4/c1-12(2)8-17(24-20(22)13(3)4)7-6-16-9-15-10-18(16)19(11-15)23-14(5)21/h12,15-19H,3,6-11H2,1-2,4-5H3. The SMILES string of the molecule is C=C(C)C(=O)OC(CCC1CC2CC(OC(C)=O)C1C2)CC(C)C. The molecule has 0 amide bonds. The summed E-state index contributed by atoms with van der Waals surface area (Å²) >= 11 is 0. The van der Waals surface area contributed by atoms with Crippen molar-refractivity contribution < 1.29 is 19.1 Å². The molecule has 136 valence electrons. The van der Waals surface area contributed by atoms with Crippen LogP contribution in [0.2, 0.25) is 0 Å². The lowest BCUT2D eigenvalue weighted by molar-refractivity contribution is -0.150. The molecule has 5 unspecified atom stereocenters. The zero-order chi connectivity index (χ0) is 17.9. The first-order valence-corrected chi connectivity index (χ1v) is 9.30. The molecule has 2 rings (SSSR count). The first-order valence-electron chi connectivity index (χ1n) is 9.30. The molecule has 0 N–H and O–H groups in total. The van der Waals surface area contributed by atoms with Gasteiger partial charge in [-0.2, -0.15) is 0 Å². The average Bonchev–Trinajstić information content (AvgIpc) is 3.02.